The zero-order chi connectivity index (χ0) is 14.0. The van der Waals surface area contributed by atoms with Gasteiger partial charge in [-0.1, -0.05) is 31.3 Å². The number of hydrogen-bond acceptors (Lipinski definition) is 2. The van der Waals surface area contributed by atoms with Gasteiger partial charge in [0.2, 0.25) is 0 Å². The maximum Gasteiger partial charge on any atom is 0.126 e. The van der Waals surface area contributed by atoms with Gasteiger partial charge >= 0.3 is 0 Å². The smallest absolute Gasteiger partial charge is 0.126 e. The van der Waals surface area contributed by atoms with E-state index in [4.69, 9.17) is 18.0 Å². The van der Waals surface area contributed by atoms with Gasteiger partial charge in [-0.15, -0.1) is 0 Å². The Hall–Kier alpha value is -1.00. The highest BCUT2D eigenvalue weighted by atomic mass is 32.1. The molecule has 0 spiro atoms. The minimum absolute atomic E-state index is 0.0722. The summed E-state index contributed by atoms with van der Waals surface area (Å²) in [6.45, 7) is 6.02. The van der Waals surface area contributed by atoms with Crippen molar-refractivity contribution in [3.05, 3.63) is 35.1 Å². The second-order valence-corrected chi connectivity index (χ2v) is 6.03. The van der Waals surface area contributed by atoms with Crippen molar-refractivity contribution in [3.8, 4) is 0 Å². The lowest BCUT2D eigenvalue weighted by molar-refractivity contribution is 0.162. The molecule has 1 aliphatic heterocycles. The Morgan fingerprint density at radius 1 is 1.53 bits per heavy atom. The van der Waals surface area contributed by atoms with Gasteiger partial charge in [0.25, 0.3) is 0 Å². The van der Waals surface area contributed by atoms with Gasteiger partial charge in [0, 0.05) is 6.54 Å². The number of benzene rings is 1. The first-order valence-electron chi connectivity index (χ1n) is 6.78. The van der Waals surface area contributed by atoms with E-state index in [1.165, 1.54) is 18.9 Å². The fourth-order valence-corrected chi connectivity index (χ4v) is 3.14. The average molecular weight is 280 g/mol. The number of hydrogen-bond donors (Lipinski definition) is 1. The van der Waals surface area contributed by atoms with E-state index in [1.54, 1.807) is 13.0 Å². The van der Waals surface area contributed by atoms with Crippen LogP contribution in [0, 0.1) is 18.7 Å². The molecule has 2 unspecified atom stereocenters. The Labute approximate surface area is 119 Å². The molecule has 0 bridgehead atoms. The third-order valence-electron chi connectivity index (χ3n) is 3.82. The summed E-state index contributed by atoms with van der Waals surface area (Å²) in [4.78, 5) is 2.79. The van der Waals surface area contributed by atoms with E-state index in [9.17, 15) is 4.39 Å². The van der Waals surface area contributed by atoms with Crippen molar-refractivity contribution < 1.29 is 4.39 Å². The highest BCUT2D eigenvalue weighted by molar-refractivity contribution is 7.80. The maximum absolute atomic E-state index is 13.4. The van der Waals surface area contributed by atoms with Crippen LogP contribution in [0.1, 0.15) is 36.9 Å². The minimum Gasteiger partial charge on any atom is -0.392 e. The van der Waals surface area contributed by atoms with Crippen LogP contribution in [0.3, 0.4) is 0 Å². The second kappa shape index (κ2) is 5.97. The summed E-state index contributed by atoms with van der Waals surface area (Å²) in [6, 6.07) is 5.09. The van der Waals surface area contributed by atoms with Gasteiger partial charge in [-0.3, -0.25) is 4.90 Å². The fourth-order valence-electron chi connectivity index (χ4n) is 2.85. The predicted octanol–water partition coefficient (Wildman–Crippen LogP) is 3.19. The molecule has 0 radical (unpaired) electrons. The van der Waals surface area contributed by atoms with Crippen LogP contribution in [0.5, 0.6) is 0 Å². The lowest BCUT2D eigenvalue weighted by atomic mass is 9.95. The van der Waals surface area contributed by atoms with Crippen molar-refractivity contribution >= 4 is 17.2 Å². The monoisotopic (exact) mass is 280 g/mol. The van der Waals surface area contributed by atoms with Crippen LogP contribution in [0.25, 0.3) is 0 Å². The SMILES string of the molecule is Cc1cc(C(C(N)=S)N2CCCC(C)C2)ccc1F. The van der Waals surface area contributed by atoms with Crippen LogP contribution >= 0.6 is 12.2 Å². The van der Waals surface area contributed by atoms with Crippen molar-refractivity contribution in [2.45, 2.75) is 32.7 Å². The Morgan fingerprint density at radius 2 is 2.26 bits per heavy atom. The molecule has 1 aromatic rings. The number of piperidine rings is 1. The number of nitrogens with two attached hydrogens (primary N) is 1. The van der Waals surface area contributed by atoms with Gasteiger partial charge in [-0.05, 0) is 49.4 Å². The predicted molar refractivity (Wildman–Crippen MR) is 80.6 cm³/mol. The minimum atomic E-state index is -0.183. The van der Waals surface area contributed by atoms with Gasteiger partial charge in [-0.25, -0.2) is 4.39 Å². The van der Waals surface area contributed by atoms with Crippen molar-refractivity contribution in [1.82, 2.24) is 4.90 Å². The van der Waals surface area contributed by atoms with Crippen molar-refractivity contribution in [1.29, 1.82) is 0 Å². The number of aryl methyl sites for hydroxylation is 1. The average Bonchev–Trinajstić information content (AvgIpc) is 2.33. The quantitative estimate of drug-likeness (QED) is 0.862. The first kappa shape index (κ1) is 14.4. The van der Waals surface area contributed by atoms with Crippen LogP contribution < -0.4 is 5.73 Å². The lowest BCUT2D eigenvalue weighted by Crippen LogP contribution is -2.42. The van der Waals surface area contributed by atoms with Crippen molar-refractivity contribution in [2.24, 2.45) is 11.7 Å². The standard InChI is InChI=1S/C15H21FN2S/c1-10-4-3-7-18(9-10)14(15(17)19)12-5-6-13(16)11(2)8-12/h5-6,8,10,14H,3-4,7,9H2,1-2H3,(H2,17,19). The Bertz CT molecular complexity index is 475. The zero-order valence-electron chi connectivity index (χ0n) is 11.5. The molecule has 0 aliphatic carbocycles. The number of rotatable bonds is 3. The third kappa shape index (κ3) is 3.31. The molecular weight excluding hydrogens is 259 g/mol. The molecule has 2 N–H and O–H groups in total. The van der Waals surface area contributed by atoms with Crippen molar-refractivity contribution in [3.63, 3.8) is 0 Å². The maximum atomic E-state index is 13.4. The molecule has 2 atom stereocenters. The fraction of sp³-hybridized carbons (Fsp3) is 0.533. The number of nitrogens with zero attached hydrogens (tertiary/aromatic N) is 1. The van der Waals surface area contributed by atoms with E-state index in [-0.39, 0.29) is 11.9 Å². The van der Waals surface area contributed by atoms with Gasteiger partial charge in [0.15, 0.2) is 0 Å². The van der Waals surface area contributed by atoms with Crippen LogP contribution in [-0.4, -0.2) is 23.0 Å². The van der Waals surface area contributed by atoms with E-state index in [2.05, 4.69) is 11.8 Å². The number of thiocarbonyl (C=S) groups is 1. The molecule has 1 aliphatic rings. The van der Waals surface area contributed by atoms with E-state index in [1.807, 2.05) is 6.07 Å². The third-order valence-corrected chi connectivity index (χ3v) is 4.04. The molecule has 1 aromatic carbocycles. The van der Waals surface area contributed by atoms with Crippen LogP contribution in [0.15, 0.2) is 18.2 Å². The Kier molecular flexibility index (Phi) is 4.53. The first-order chi connectivity index (χ1) is 8.99. The van der Waals surface area contributed by atoms with Crippen LogP contribution in [-0.2, 0) is 0 Å². The van der Waals surface area contributed by atoms with Gasteiger partial charge in [0.1, 0.15) is 5.82 Å². The topological polar surface area (TPSA) is 29.3 Å². The first-order valence-corrected chi connectivity index (χ1v) is 7.19. The molecule has 4 heteroatoms. The van der Waals surface area contributed by atoms with E-state index in [0.717, 1.165) is 18.7 Å². The number of likely N-dealkylation sites (tertiary alicyclic amines) is 1. The summed E-state index contributed by atoms with van der Waals surface area (Å²) in [7, 11) is 0. The van der Waals surface area contributed by atoms with E-state index < -0.39 is 0 Å². The molecular formula is C15H21FN2S. The highest BCUT2D eigenvalue weighted by Crippen LogP contribution is 2.28. The zero-order valence-corrected chi connectivity index (χ0v) is 12.3. The molecule has 0 saturated carbocycles. The van der Waals surface area contributed by atoms with Crippen LogP contribution in [0.4, 0.5) is 4.39 Å². The highest BCUT2D eigenvalue weighted by Gasteiger charge is 2.27. The Balaban J connectivity index is 2.28. The summed E-state index contributed by atoms with van der Waals surface area (Å²) in [5, 5.41) is 0. The summed E-state index contributed by atoms with van der Waals surface area (Å²) in [5.41, 5.74) is 7.57. The molecule has 1 saturated heterocycles. The normalized spacial score (nSPS) is 22.2. The number of halogens is 1. The molecule has 0 amide bonds. The Morgan fingerprint density at radius 3 is 2.84 bits per heavy atom. The summed E-state index contributed by atoms with van der Waals surface area (Å²) in [5.74, 6) is 0.476. The second-order valence-electron chi connectivity index (χ2n) is 5.56. The van der Waals surface area contributed by atoms with Gasteiger partial charge in [0.05, 0.1) is 11.0 Å². The summed E-state index contributed by atoms with van der Waals surface area (Å²) >= 11 is 5.24. The van der Waals surface area contributed by atoms with E-state index in [0.29, 0.717) is 16.5 Å². The molecule has 19 heavy (non-hydrogen) atoms. The summed E-state index contributed by atoms with van der Waals surface area (Å²) in [6.07, 6.45) is 2.42. The lowest BCUT2D eigenvalue weighted by Gasteiger charge is -2.37. The molecule has 104 valence electrons. The van der Waals surface area contributed by atoms with E-state index >= 15 is 0 Å². The largest absolute Gasteiger partial charge is 0.392 e. The van der Waals surface area contributed by atoms with Gasteiger partial charge < -0.3 is 5.73 Å². The summed E-state index contributed by atoms with van der Waals surface area (Å²) < 4.78 is 13.4. The molecule has 2 rings (SSSR count). The van der Waals surface area contributed by atoms with Crippen molar-refractivity contribution in [2.75, 3.05) is 13.1 Å². The molecule has 2 nitrogen and oxygen atoms in total. The molecule has 0 aromatic heterocycles. The van der Waals surface area contributed by atoms with Gasteiger partial charge in [-0.2, -0.15) is 0 Å². The van der Waals surface area contributed by atoms with Crippen LogP contribution in [0.2, 0.25) is 0 Å². The molecule has 1 fully saturated rings. The molecule has 1 heterocycles.